The topological polar surface area (TPSA) is 35.2 Å². The molecule has 0 radical (unpaired) electrons. The van der Waals surface area contributed by atoms with Crippen LogP contribution in [-0.4, -0.2) is 19.8 Å². The number of hydrogen-bond acceptors (Lipinski definition) is 2. The summed E-state index contributed by atoms with van der Waals surface area (Å²) >= 11 is 6.25. The van der Waals surface area contributed by atoms with Gasteiger partial charge in [0.25, 0.3) is 0 Å². The average molecular weight is 240 g/mol. The van der Waals surface area contributed by atoms with Gasteiger partial charge in [0, 0.05) is 23.6 Å². The van der Waals surface area contributed by atoms with Crippen LogP contribution in [-0.2, 0) is 11.2 Å². The van der Waals surface area contributed by atoms with E-state index >= 15 is 0 Å². The van der Waals surface area contributed by atoms with E-state index in [-0.39, 0.29) is 5.41 Å². The zero-order valence-corrected chi connectivity index (χ0v) is 10.4. The lowest BCUT2D eigenvalue weighted by Crippen LogP contribution is -2.33. The fourth-order valence-corrected chi connectivity index (χ4v) is 2.52. The zero-order chi connectivity index (χ0) is 11.6. The number of halogens is 1. The molecular weight excluding hydrogens is 222 g/mol. The molecule has 88 valence electrons. The fraction of sp³-hybridized carbons (Fsp3) is 0.538. The smallest absolute Gasteiger partial charge is 0.0538 e. The second-order valence-electron chi connectivity index (χ2n) is 4.78. The van der Waals surface area contributed by atoms with Crippen LogP contribution >= 0.6 is 11.6 Å². The largest absolute Gasteiger partial charge is 0.381 e. The average Bonchev–Trinajstić information content (AvgIpc) is 2.72. The van der Waals surface area contributed by atoms with Crippen LogP contribution in [0.5, 0.6) is 0 Å². The fourth-order valence-electron chi connectivity index (χ4n) is 2.22. The third-order valence-electron chi connectivity index (χ3n) is 3.39. The lowest BCUT2D eigenvalue weighted by Gasteiger charge is -2.25. The SMILES string of the molecule is Cc1ccc(CC2(CN)CCOC2)c(Cl)c1. The summed E-state index contributed by atoms with van der Waals surface area (Å²) in [4.78, 5) is 0. The highest BCUT2D eigenvalue weighted by atomic mass is 35.5. The molecule has 0 aromatic heterocycles. The quantitative estimate of drug-likeness (QED) is 0.880. The zero-order valence-electron chi connectivity index (χ0n) is 9.63. The highest BCUT2D eigenvalue weighted by molar-refractivity contribution is 6.31. The van der Waals surface area contributed by atoms with Crippen molar-refractivity contribution in [3.8, 4) is 0 Å². The Labute approximate surface area is 102 Å². The summed E-state index contributed by atoms with van der Waals surface area (Å²) in [7, 11) is 0. The summed E-state index contributed by atoms with van der Waals surface area (Å²) in [5.41, 5.74) is 8.35. The van der Waals surface area contributed by atoms with E-state index in [0.717, 1.165) is 31.1 Å². The Hall–Kier alpha value is -0.570. The highest BCUT2D eigenvalue weighted by Gasteiger charge is 2.34. The minimum absolute atomic E-state index is 0.0961. The molecule has 1 heterocycles. The van der Waals surface area contributed by atoms with Crippen LogP contribution in [0, 0.1) is 12.3 Å². The number of nitrogens with two attached hydrogens (primary N) is 1. The van der Waals surface area contributed by atoms with Crippen molar-refractivity contribution in [2.75, 3.05) is 19.8 Å². The number of rotatable bonds is 3. The normalized spacial score (nSPS) is 24.9. The minimum atomic E-state index is 0.0961. The second-order valence-corrected chi connectivity index (χ2v) is 5.19. The van der Waals surface area contributed by atoms with Gasteiger partial charge in [0.1, 0.15) is 0 Å². The van der Waals surface area contributed by atoms with E-state index in [1.165, 1.54) is 11.1 Å². The van der Waals surface area contributed by atoms with Gasteiger partial charge in [-0.3, -0.25) is 0 Å². The van der Waals surface area contributed by atoms with Crippen molar-refractivity contribution >= 4 is 11.6 Å². The number of aryl methyl sites for hydroxylation is 1. The van der Waals surface area contributed by atoms with Crippen LogP contribution in [0.4, 0.5) is 0 Å². The molecule has 0 saturated carbocycles. The van der Waals surface area contributed by atoms with Gasteiger partial charge in [-0.05, 0) is 37.0 Å². The Morgan fingerprint density at radius 2 is 2.31 bits per heavy atom. The molecule has 1 aliphatic rings. The first kappa shape index (κ1) is 11.9. The van der Waals surface area contributed by atoms with Crippen molar-refractivity contribution in [2.45, 2.75) is 19.8 Å². The van der Waals surface area contributed by atoms with E-state index in [2.05, 4.69) is 12.1 Å². The molecule has 0 spiro atoms. The summed E-state index contributed by atoms with van der Waals surface area (Å²) < 4.78 is 5.46. The molecule has 3 heteroatoms. The van der Waals surface area contributed by atoms with Crippen LogP contribution in [0.15, 0.2) is 18.2 Å². The van der Waals surface area contributed by atoms with Gasteiger partial charge in [0.15, 0.2) is 0 Å². The predicted octanol–water partition coefficient (Wildman–Crippen LogP) is 2.56. The van der Waals surface area contributed by atoms with Crippen molar-refractivity contribution in [3.05, 3.63) is 34.3 Å². The maximum Gasteiger partial charge on any atom is 0.0538 e. The molecular formula is C13H18ClNO. The lowest BCUT2D eigenvalue weighted by molar-refractivity contribution is 0.154. The van der Waals surface area contributed by atoms with E-state index in [1.807, 2.05) is 13.0 Å². The molecule has 1 aliphatic heterocycles. The van der Waals surface area contributed by atoms with Crippen LogP contribution in [0.2, 0.25) is 5.02 Å². The molecule has 1 fully saturated rings. The molecule has 2 rings (SSSR count). The summed E-state index contributed by atoms with van der Waals surface area (Å²) in [6.07, 6.45) is 1.95. The molecule has 0 bridgehead atoms. The Balaban J connectivity index is 2.19. The van der Waals surface area contributed by atoms with Gasteiger partial charge in [-0.1, -0.05) is 23.7 Å². The Bertz CT molecular complexity index is 372. The van der Waals surface area contributed by atoms with Crippen LogP contribution < -0.4 is 5.73 Å². The molecule has 1 saturated heterocycles. The summed E-state index contributed by atoms with van der Waals surface area (Å²) in [5.74, 6) is 0. The molecule has 2 nitrogen and oxygen atoms in total. The van der Waals surface area contributed by atoms with E-state index in [1.54, 1.807) is 0 Å². The van der Waals surface area contributed by atoms with Crippen LogP contribution in [0.1, 0.15) is 17.5 Å². The van der Waals surface area contributed by atoms with Gasteiger partial charge in [-0.2, -0.15) is 0 Å². The summed E-state index contributed by atoms with van der Waals surface area (Å²) in [6.45, 7) is 4.29. The Kier molecular flexibility index (Phi) is 3.53. The number of ether oxygens (including phenoxy) is 1. The van der Waals surface area contributed by atoms with Crippen molar-refractivity contribution in [1.29, 1.82) is 0 Å². The van der Waals surface area contributed by atoms with Crippen LogP contribution in [0.25, 0.3) is 0 Å². The lowest BCUT2D eigenvalue weighted by atomic mass is 9.81. The van der Waals surface area contributed by atoms with Crippen molar-refractivity contribution in [1.82, 2.24) is 0 Å². The Morgan fingerprint density at radius 3 is 2.88 bits per heavy atom. The van der Waals surface area contributed by atoms with E-state index in [0.29, 0.717) is 6.54 Å². The molecule has 1 aromatic carbocycles. The number of hydrogen-bond donors (Lipinski definition) is 1. The predicted molar refractivity (Wildman–Crippen MR) is 66.8 cm³/mol. The van der Waals surface area contributed by atoms with Gasteiger partial charge in [-0.15, -0.1) is 0 Å². The van der Waals surface area contributed by atoms with E-state index in [4.69, 9.17) is 22.1 Å². The number of benzene rings is 1. The standard InChI is InChI=1S/C13H18ClNO/c1-10-2-3-11(12(14)6-10)7-13(8-15)4-5-16-9-13/h2-3,6H,4-5,7-9,15H2,1H3. The monoisotopic (exact) mass is 239 g/mol. The summed E-state index contributed by atoms with van der Waals surface area (Å²) in [6, 6.07) is 6.21. The van der Waals surface area contributed by atoms with Gasteiger partial charge < -0.3 is 10.5 Å². The molecule has 1 atom stereocenters. The summed E-state index contributed by atoms with van der Waals surface area (Å²) in [5, 5.41) is 0.847. The van der Waals surface area contributed by atoms with Crippen LogP contribution in [0.3, 0.4) is 0 Å². The Morgan fingerprint density at radius 1 is 1.50 bits per heavy atom. The molecule has 2 N–H and O–H groups in total. The van der Waals surface area contributed by atoms with Crippen molar-refractivity contribution in [2.24, 2.45) is 11.1 Å². The first-order chi connectivity index (χ1) is 7.65. The molecule has 1 aromatic rings. The molecule has 1 unspecified atom stereocenters. The third-order valence-corrected chi connectivity index (χ3v) is 3.74. The first-order valence-corrected chi connectivity index (χ1v) is 6.06. The highest BCUT2D eigenvalue weighted by Crippen LogP contribution is 2.33. The maximum absolute atomic E-state index is 6.25. The first-order valence-electron chi connectivity index (χ1n) is 5.68. The van der Waals surface area contributed by atoms with Gasteiger partial charge in [-0.25, -0.2) is 0 Å². The van der Waals surface area contributed by atoms with Gasteiger partial charge >= 0.3 is 0 Å². The van der Waals surface area contributed by atoms with Gasteiger partial charge in [0.2, 0.25) is 0 Å². The maximum atomic E-state index is 6.25. The van der Waals surface area contributed by atoms with Gasteiger partial charge in [0.05, 0.1) is 6.61 Å². The second kappa shape index (κ2) is 4.74. The van der Waals surface area contributed by atoms with E-state index in [9.17, 15) is 0 Å². The molecule has 0 aliphatic carbocycles. The van der Waals surface area contributed by atoms with Crippen molar-refractivity contribution < 1.29 is 4.74 Å². The third kappa shape index (κ3) is 2.40. The molecule has 0 amide bonds. The molecule has 16 heavy (non-hydrogen) atoms. The van der Waals surface area contributed by atoms with Crippen molar-refractivity contribution in [3.63, 3.8) is 0 Å². The van der Waals surface area contributed by atoms with E-state index < -0.39 is 0 Å². The minimum Gasteiger partial charge on any atom is -0.381 e.